The van der Waals surface area contributed by atoms with E-state index in [1.54, 1.807) is 9.42 Å². The minimum Gasteiger partial charge on any atom is -0.395 e. The molecule has 0 aliphatic carbocycles. The number of aliphatic hydroxyl groups is 1. The smallest absolute Gasteiger partial charge is 0.253 e. The summed E-state index contributed by atoms with van der Waals surface area (Å²) in [5.74, 6) is 1.06. The molecule has 0 atom stereocenters. The number of hydrogen-bond donors (Lipinski definition) is 1. The molecular formula is C24H25N5O2. The molecule has 2 aromatic heterocycles. The maximum Gasteiger partial charge on any atom is 0.253 e. The summed E-state index contributed by atoms with van der Waals surface area (Å²) in [4.78, 5) is 23.9. The highest BCUT2D eigenvalue weighted by Gasteiger charge is 2.20. The van der Waals surface area contributed by atoms with Crippen molar-refractivity contribution in [3.63, 3.8) is 0 Å². The number of hydrogen-bond acceptors (Lipinski definition) is 5. The van der Waals surface area contributed by atoms with Crippen molar-refractivity contribution < 1.29 is 9.90 Å². The second-order valence-corrected chi connectivity index (χ2v) is 7.48. The van der Waals surface area contributed by atoms with E-state index in [9.17, 15) is 9.90 Å². The van der Waals surface area contributed by atoms with E-state index in [0.29, 0.717) is 18.1 Å². The van der Waals surface area contributed by atoms with Gasteiger partial charge in [0.1, 0.15) is 0 Å². The Morgan fingerprint density at radius 2 is 1.68 bits per heavy atom. The molecule has 0 saturated heterocycles. The quantitative estimate of drug-likeness (QED) is 0.502. The molecule has 4 rings (SSSR count). The Kier molecular flexibility index (Phi) is 6.04. The second kappa shape index (κ2) is 9.06. The summed E-state index contributed by atoms with van der Waals surface area (Å²) >= 11 is 0. The van der Waals surface area contributed by atoms with Crippen LogP contribution in [-0.4, -0.2) is 48.6 Å². The van der Waals surface area contributed by atoms with Gasteiger partial charge >= 0.3 is 0 Å². The summed E-state index contributed by atoms with van der Waals surface area (Å²) in [7, 11) is 0. The molecule has 0 saturated carbocycles. The lowest BCUT2D eigenvalue weighted by Crippen LogP contribution is -2.34. The number of rotatable bonds is 7. The Morgan fingerprint density at radius 1 is 1.00 bits per heavy atom. The van der Waals surface area contributed by atoms with Gasteiger partial charge in [0.25, 0.3) is 5.78 Å². The molecule has 7 heteroatoms. The first kappa shape index (κ1) is 20.7. The Labute approximate surface area is 181 Å². The fourth-order valence-corrected chi connectivity index (χ4v) is 3.65. The first-order valence-corrected chi connectivity index (χ1v) is 10.3. The van der Waals surface area contributed by atoms with Gasteiger partial charge in [-0.2, -0.15) is 4.98 Å². The normalized spacial score (nSPS) is 11.1. The predicted octanol–water partition coefficient (Wildman–Crippen LogP) is 2.97. The van der Waals surface area contributed by atoms with Crippen molar-refractivity contribution in [2.24, 2.45) is 0 Å². The van der Waals surface area contributed by atoms with E-state index in [2.05, 4.69) is 15.1 Å². The maximum atomic E-state index is 13.1. The summed E-state index contributed by atoms with van der Waals surface area (Å²) in [6, 6.07) is 19.5. The summed E-state index contributed by atoms with van der Waals surface area (Å²) < 4.78 is 1.70. The molecule has 0 fully saturated rings. The van der Waals surface area contributed by atoms with Crippen molar-refractivity contribution in [3.05, 3.63) is 83.2 Å². The molecule has 0 aliphatic heterocycles. The monoisotopic (exact) mass is 415 g/mol. The fraction of sp³-hybridized carbons (Fsp3) is 0.250. The highest BCUT2D eigenvalue weighted by Crippen LogP contribution is 2.20. The van der Waals surface area contributed by atoms with Crippen LogP contribution in [0.25, 0.3) is 17.2 Å². The molecule has 0 spiro atoms. The SMILES string of the molecule is Cc1nc2nc(-c3ccccc3)nn2c(C)c1CC(=O)N(CCO)Cc1ccccc1. The summed E-state index contributed by atoms with van der Waals surface area (Å²) in [5.41, 5.74) is 4.37. The van der Waals surface area contributed by atoms with Crippen molar-refractivity contribution in [1.29, 1.82) is 0 Å². The average Bonchev–Trinajstić information content (AvgIpc) is 3.22. The molecule has 158 valence electrons. The molecule has 0 radical (unpaired) electrons. The number of nitrogens with zero attached hydrogens (tertiary/aromatic N) is 5. The molecule has 0 aliphatic rings. The van der Waals surface area contributed by atoms with E-state index in [1.807, 2.05) is 74.5 Å². The average molecular weight is 415 g/mol. The maximum absolute atomic E-state index is 13.1. The lowest BCUT2D eigenvalue weighted by atomic mass is 10.1. The molecule has 7 nitrogen and oxygen atoms in total. The highest BCUT2D eigenvalue weighted by atomic mass is 16.3. The minimum absolute atomic E-state index is 0.0614. The minimum atomic E-state index is -0.0860. The van der Waals surface area contributed by atoms with Crippen LogP contribution in [-0.2, 0) is 17.8 Å². The fourth-order valence-electron chi connectivity index (χ4n) is 3.65. The zero-order valence-electron chi connectivity index (χ0n) is 17.7. The van der Waals surface area contributed by atoms with Gasteiger partial charge in [0.05, 0.1) is 13.0 Å². The standard InChI is InChI=1S/C24H25N5O2/c1-17-21(15-22(31)28(13-14-30)16-19-9-5-3-6-10-19)18(2)29-24(25-17)26-23(27-29)20-11-7-4-8-12-20/h3-12,30H,13-16H2,1-2H3. The number of carbonyl (C=O) groups excluding carboxylic acids is 1. The van der Waals surface area contributed by atoms with Crippen molar-refractivity contribution in [1.82, 2.24) is 24.5 Å². The molecule has 2 aromatic carbocycles. The number of aromatic nitrogens is 4. The van der Waals surface area contributed by atoms with Crippen LogP contribution >= 0.6 is 0 Å². The summed E-state index contributed by atoms with van der Waals surface area (Å²) in [6.07, 6.45) is 0.188. The zero-order valence-corrected chi connectivity index (χ0v) is 17.7. The third-order valence-corrected chi connectivity index (χ3v) is 5.35. The van der Waals surface area contributed by atoms with Crippen LogP contribution in [0.4, 0.5) is 0 Å². The van der Waals surface area contributed by atoms with E-state index in [1.165, 1.54) is 0 Å². The number of carbonyl (C=O) groups is 1. The van der Waals surface area contributed by atoms with Crippen LogP contribution in [0, 0.1) is 13.8 Å². The van der Waals surface area contributed by atoms with Gasteiger partial charge in [0, 0.05) is 35.6 Å². The summed E-state index contributed by atoms with van der Waals surface area (Å²) in [6.45, 7) is 4.47. The molecular weight excluding hydrogens is 390 g/mol. The van der Waals surface area contributed by atoms with Gasteiger partial charge in [-0.1, -0.05) is 60.7 Å². The molecule has 4 aromatic rings. The van der Waals surface area contributed by atoms with Crippen molar-refractivity contribution in [2.75, 3.05) is 13.2 Å². The lowest BCUT2D eigenvalue weighted by Gasteiger charge is -2.23. The highest BCUT2D eigenvalue weighted by molar-refractivity contribution is 5.79. The summed E-state index contributed by atoms with van der Waals surface area (Å²) in [5, 5.41) is 14.1. The van der Waals surface area contributed by atoms with Crippen molar-refractivity contribution in [3.8, 4) is 11.4 Å². The number of amides is 1. The Bertz CT molecular complexity index is 1190. The predicted molar refractivity (Wildman–Crippen MR) is 118 cm³/mol. The third-order valence-electron chi connectivity index (χ3n) is 5.35. The van der Waals surface area contributed by atoms with Gasteiger partial charge in [-0.15, -0.1) is 5.10 Å². The van der Waals surface area contributed by atoms with Gasteiger partial charge in [0.2, 0.25) is 5.91 Å². The molecule has 2 heterocycles. The zero-order chi connectivity index (χ0) is 21.8. The number of benzene rings is 2. The second-order valence-electron chi connectivity index (χ2n) is 7.48. The van der Waals surface area contributed by atoms with Gasteiger partial charge < -0.3 is 10.0 Å². The Balaban J connectivity index is 1.63. The molecule has 1 N–H and O–H groups in total. The van der Waals surface area contributed by atoms with Crippen LogP contribution in [0.1, 0.15) is 22.5 Å². The molecule has 1 amide bonds. The van der Waals surface area contributed by atoms with E-state index >= 15 is 0 Å². The number of fused-ring (bicyclic) bond motifs is 1. The first-order chi connectivity index (χ1) is 15.1. The Hall–Kier alpha value is -3.58. The van der Waals surface area contributed by atoms with Gasteiger partial charge in [-0.3, -0.25) is 4.79 Å². The van der Waals surface area contributed by atoms with Crippen molar-refractivity contribution >= 4 is 11.7 Å². The lowest BCUT2D eigenvalue weighted by molar-refractivity contribution is -0.131. The molecule has 0 unspecified atom stereocenters. The number of aliphatic hydroxyl groups excluding tert-OH is 1. The first-order valence-electron chi connectivity index (χ1n) is 10.3. The van der Waals surface area contributed by atoms with Gasteiger partial charge in [0.15, 0.2) is 5.82 Å². The van der Waals surface area contributed by atoms with Crippen LogP contribution < -0.4 is 0 Å². The van der Waals surface area contributed by atoms with Crippen LogP contribution in [0.3, 0.4) is 0 Å². The molecule has 0 bridgehead atoms. The van der Waals surface area contributed by atoms with Crippen molar-refractivity contribution in [2.45, 2.75) is 26.8 Å². The van der Waals surface area contributed by atoms with E-state index in [0.717, 1.165) is 28.1 Å². The van der Waals surface area contributed by atoms with E-state index in [-0.39, 0.29) is 25.5 Å². The topological polar surface area (TPSA) is 83.6 Å². The van der Waals surface area contributed by atoms with Gasteiger partial charge in [-0.25, -0.2) is 9.50 Å². The Morgan fingerprint density at radius 3 is 2.35 bits per heavy atom. The largest absolute Gasteiger partial charge is 0.395 e. The third kappa shape index (κ3) is 4.46. The van der Waals surface area contributed by atoms with E-state index in [4.69, 9.17) is 0 Å². The van der Waals surface area contributed by atoms with Crippen LogP contribution in [0.15, 0.2) is 60.7 Å². The van der Waals surface area contributed by atoms with Gasteiger partial charge in [-0.05, 0) is 19.4 Å². The number of aryl methyl sites for hydroxylation is 2. The van der Waals surface area contributed by atoms with Crippen LogP contribution in [0.2, 0.25) is 0 Å². The molecule has 31 heavy (non-hydrogen) atoms. The van der Waals surface area contributed by atoms with Crippen LogP contribution in [0.5, 0.6) is 0 Å². The van der Waals surface area contributed by atoms with E-state index < -0.39 is 0 Å².